The molecule has 6 bridgehead atoms. The van der Waals surface area contributed by atoms with Crippen molar-refractivity contribution in [2.75, 3.05) is 0 Å². The van der Waals surface area contributed by atoms with Crippen molar-refractivity contribution < 1.29 is 5.11 Å². The fourth-order valence-electron chi connectivity index (χ4n) is 4.23. The van der Waals surface area contributed by atoms with Gasteiger partial charge in [0.05, 0.1) is 11.2 Å². The molecule has 147 valence electrons. The van der Waals surface area contributed by atoms with Crippen molar-refractivity contribution in [1.82, 2.24) is 15.0 Å². The highest BCUT2D eigenvalue weighted by Gasteiger charge is 2.15. The predicted octanol–water partition coefficient (Wildman–Crippen LogP) is 7.13. The van der Waals surface area contributed by atoms with Crippen LogP contribution in [0.5, 0.6) is 5.75 Å². The Kier molecular flexibility index (Phi) is 3.90. The van der Waals surface area contributed by atoms with Gasteiger partial charge in [-0.2, -0.15) is 0 Å². The summed E-state index contributed by atoms with van der Waals surface area (Å²) in [7, 11) is 0. The molecule has 1 radical (unpaired) electrons. The summed E-state index contributed by atoms with van der Waals surface area (Å²) in [6, 6.07) is 28.3. The van der Waals surface area contributed by atoms with E-state index in [0.29, 0.717) is 11.2 Å². The molecule has 0 atom stereocenters. The predicted molar refractivity (Wildman–Crippen MR) is 126 cm³/mol. The molecule has 4 heterocycles. The Morgan fingerprint density at radius 1 is 0.516 bits per heavy atom. The molecular weight excluding hydrogens is 382 g/mol. The largest absolute Gasteiger partial charge is 0.354 e. The maximum atomic E-state index is 13.1. The van der Waals surface area contributed by atoms with Gasteiger partial charge in [-0.1, -0.05) is 60.7 Å². The van der Waals surface area contributed by atoms with Gasteiger partial charge in [0.1, 0.15) is 5.69 Å². The van der Waals surface area contributed by atoms with E-state index in [9.17, 15) is 5.11 Å². The molecule has 0 spiro atoms. The molecule has 4 heteroatoms. The smallest absolute Gasteiger partial charge is 0.227 e. The Bertz CT molecular complexity index is 1530. The zero-order valence-corrected chi connectivity index (χ0v) is 16.6. The second-order valence-corrected chi connectivity index (χ2v) is 7.60. The highest BCUT2D eigenvalue weighted by molar-refractivity contribution is 5.97. The van der Waals surface area contributed by atoms with Crippen molar-refractivity contribution in [3.8, 4) is 28.0 Å². The van der Waals surface area contributed by atoms with Crippen LogP contribution in [0.2, 0.25) is 0 Å². The maximum Gasteiger partial charge on any atom is 0.227 e. The number of rotatable bonds is 2. The fourth-order valence-corrected chi connectivity index (χ4v) is 4.23. The van der Waals surface area contributed by atoms with Crippen LogP contribution in [0.4, 0.5) is 0 Å². The minimum absolute atomic E-state index is 0.110. The second-order valence-electron chi connectivity index (χ2n) is 7.60. The van der Waals surface area contributed by atoms with Crippen molar-refractivity contribution in [1.29, 1.82) is 0 Å². The molecule has 1 aliphatic rings. The number of aromatic amines is 2. The molecule has 3 aromatic heterocycles. The second kappa shape index (κ2) is 6.89. The molecule has 2 aromatic carbocycles. The number of nitrogens with zero attached hydrogens (tertiary/aromatic N) is 1. The summed E-state index contributed by atoms with van der Waals surface area (Å²) in [5, 5.41) is 13.1. The number of aromatic nitrogens is 3. The monoisotopic (exact) mass is 400 g/mol. The summed E-state index contributed by atoms with van der Waals surface area (Å²) in [5.41, 5.74) is 8.67. The van der Waals surface area contributed by atoms with E-state index in [2.05, 4.69) is 46.4 Å². The van der Waals surface area contributed by atoms with Crippen molar-refractivity contribution in [3.05, 3.63) is 96.3 Å². The number of H-pyrrole nitrogens is 2. The average molecular weight is 400 g/mol. The number of nitrogens with one attached hydrogen (secondary N) is 2. The van der Waals surface area contributed by atoms with Crippen LogP contribution in [0.25, 0.3) is 56.5 Å². The van der Waals surface area contributed by atoms with E-state index in [1.54, 1.807) is 6.08 Å². The summed E-state index contributed by atoms with van der Waals surface area (Å²) in [6.07, 6.45) is 3.71. The number of benzene rings is 2. The summed E-state index contributed by atoms with van der Waals surface area (Å²) in [4.78, 5) is 11.6. The fraction of sp³-hybridized carbons (Fsp3) is 0. The van der Waals surface area contributed by atoms with Gasteiger partial charge < -0.3 is 9.97 Å². The third-order valence-corrected chi connectivity index (χ3v) is 5.68. The lowest BCUT2D eigenvalue weighted by Gasteiger charge is -2.05. The van der Waals surface area contributed by atoms with Gasteiger partial charge in [-0.3, -0.25) is 5.11 Å². The van der Waals surface area contributed by atoms with Crippen LogP contribution in [0.1, 0.15) is 11.4 Å². The lowest BCUT2D eigenvalue weighted by molar-refractivity contribution is 0.357. The van der Waals surface area contributed by atoms with Crippen molar-refractivity contribution >= 4 is 34.2 Å². The SMILES string of the molecule is [O]c1c2nc(c(-c3ccccc3)c3ccc([nH]3)c(-c3ccccc3)c3ccc1[nH]3)C=C2. The number of hydrogen-bond donors (Lipinski definition) is 2. The lowest BCUT2D eigenvalue weighted by Crippen LogP contribution is -1.86. The Hall–Kier alpha value is -4.31. The van der Waals surface area contributed by atoms with Crippen LogP contribution in [-0.4, -0.2) is 15.0 Å². The van der Waals surface area contributed by atoms with Crippen molar-refractivity contribution in [2.45, 2.75) is 0 Å². The molecule has 5 aromatic rings. The van der Waals surface area contributed by atoms with Crippen molar-refractivity contribution in [2.24, 2.45) is 0 Å². The first-order valence-corrected chi connectivity index (χ1v) is 10.2. The molecule has 0 saturated carbocycles. The highest BCUT2D eigenvalue weighted by atomic mass is 16.3. The van der Waals surface area contributed by atoms with E-state index >= 15 is 0 Å². The normalized spacial score (nSPS) is 11.9. The summed E-state index contributed by atoms with van der Waals surface area (Å²) >= 11 is 0. The van der Waals surface area contributed by atoms with E-state index < -0.39 is 0 Å². The Morgan fingerprint density at radius 2 is 1.00 bits per heavy atom. The van der Waals surface area contributed by atoms with Crippen LogP contribution in [-0.2, 0) is 5.11 Å². The minimum atomic E-state index is -0.110. The van der Waals surface area contributed by atoms with Crippen LogP contribution in [0, 0.1) is 0 Å². The van der Waals surface area contributed by atoms with Gasteiger partial charge >= 0.3 is 0 Å². The molecule has 1 aliphatic heterocycles. The molecular formula is C27H18N3O. The summed E-state index contributed by atoms with van der Waals surface area (Å²) < 4.78 is 0. The van der Waals surface area contributed by atoms with Gasteiger partial charge in [-0.05, 0) is 47.5 Å². The third-order valence-electron chi connectivity index (χ3n) is 5.68. The molecule has 6 rings (SSSR count). The molecule has 0 fully saturated rings. The molecule has 0 saturated heterocycles. The molecule has 4 nitrogen and oxygen atoms in total. The minimum Gasteiger partial charge on any atom is -0.354 e. The first-order valence-electron chi connectivity index (χ1n) is 10.2. The van der Waals surface area contributed by atoms with E-state index in [-0.39, 0.29) is 5.75 Å². The molecule has 31 heavy (non-hydrogen) atoms. The molecule has 0 aliphatic carbocycles. The van der Waals surface area contributed by atoms with Gasteiger partial charge in [0.2, 0.25) is 5.75 Å². The summed E-state index contributed by atoms with van der Waals surface area (Å²) in [6.45, 7) is 0. The Morgan fingerprint density at radius 3 is 1.65 bits per heavy atom. The van der Waals surface area contributed by atoms with Gasteiger partial charge in [0.25, 0.3) is 0 Å². The van der Waals surface area contributed by atoms with Crippen LogP contribution in [0.15, 0.2) is 84.9 Å². The maximum absolute atomic E-state index is 13.1. The Labute approximate surface area is 178 Å². The van der Waals surface area contributed by atoms with Crippen LogP contribution in [0.3, 0.4) is 0 Å². The van der Waals surface area contributed by atoms with E-state index in [1.165, 1.54) is 0 Å². The number of fused-ring (bicyclic) bond motifs is 6. The zero-order chi connectivity index (χ0) is 20.8. The lowest BCUT2D eigenvalue weighted by atomic mass is 10.0. The molecule has 0 unspecified atom stereocenters. The highest BCUT2D eigenvalue weighted by Crippen LogP contribution is 2.35. The molecule has 0 amide bonds. The van der Waals surface area contributed by atoms with Gasteiger partial charge in [0, 0.05) is 27.7 Å². The van der Waals surface area contributed by atoms with Crippen molar-refractivity contribution in [3.63, 3.8) is 0 Å². The zero-order valence-electron chi connectivity index (χ0n) is 16.6. The first-order chi connectivity index (χ1) is 15.3. The summed E-state index contributed by atoms with van der Waals surface area (Å²) in [5.74, 6) is -0.110. The number of hydrogen-bond acceptors (Lipinski definition) is 1. The molecule has 2 N–H and O–H groups in total. The Balaban J connectivity index is 1.82. The van der Waals surface area contributed by atoms with Crippen LogP contribution < -0.4 is 0 Å². The van der Waals surface area contributed by atoms with E-state index in [1.807, 2.05) is 54.6 Å². The topological polar surface area (TPSA) is 64.4 Å². The standard InChI is InChI=1S/C27H18N3O/c31-27-23-15-13-21(29-23)25(17-7-3-1-4-8-17)19-11-12-20(28-19)26(18-9-5-2-6-10-18)22-14-16-24(27)30-22/h1-16,28-29H. The van der Waals surface area contributed by atoms with Gasteiger partial charge in [-0.15, -0.1) is 0 Å². The first kappa shape index (κ1) is 17.5. The third kappa shape index (κ3) is 2.89. The van der Waals surface area contributed by atoms with E-state index in [0.717, 1.165) is 44.5 Å². The van der Waals surface area contributed by atoms with Gasteiger partial charge in [0.15, 0.2) is 0 Å². The average Bonchev–Trinajstić information content (AvgIpc) is 3.57. The van der Waals surface area contributed by atoms with Gasteiger partial charge in [-0.25, -0.2) is 4.98 Å². The van der Waals surface area contributed by atoms with E-state index in [4.69, 9.17) is 4.98 Å². The van der Waals surface area contributed by atoms with Crippen LogP contribution >= 0.6 is 0 Å². The quantitative estimate of drug-likeness (QED) is 0.319.